The number of unbranched alkanes of at least 4 members (excludes halogenated alkanes) is 36. The van der Waals surface area contributed by atoms with Gasteiger partial charge in [-0.1, -0.05) is 238 Å². The van der Waals surface area contributed by atoms with Crippen LogP contribution in [0, 0.1) is 0 Å². The molecule has 0 fully saturated rings. The Balaban J connectivity index is 4.34. The summed E-state index contributed by atoms with van der Waals surface area (Å²) in [6.07, 6.45) is 60.2. The summed E-state index contributed by atoms with van der Waals surface area (Å²) >= 11 is 0. The average Bonchev–Trinajstić information content (AvgIpc) is 3.28. The van der Waals surface area contributed by atoms with Crippen LogP contribution in [0.4, 0.5) is 0 Å². The van der Waals surface area contributed by atoms with E-state index < -0.39 is 6.10 Å². The molecule has 0 unspecified atom stereocenters. The maximum absolute atomic E-state index is 12.8. The second-order valence-corrected chi connectivity index (χ2v) is 18.8. The molecule has 63 heavy (non-hydrogen) atoms. The van der Waals surface area contributed by atoms with Gasteiger partial charge in [-0.05, 0) is 70.6 Å². The summed E-state index contributed by atoms with van der Waals surface area (Å²) < 4.78 is 16.8. The third-order valence-corrected chi connectivity index (χ3v) is 12.4. The minimum Gasteiger partial charge on any atom is -0.462 e. The molecular weight excluding hydrogens is 781 g/mol. The van der Waals surface area contributed by atoms with Crippen LogP contribution in [0.15, 0.2) is 24.3 Å². The fourth-order valence-electron chi connectivity index (χ4n) is 8.20. The van der Waals surface area contributed by atoms with E-state index >= 15 is 0 Å². The zero-order valence-corrected chi connectivity index (χ0v) is 42.4. The summed E-state index contributed by atoms with van der Waals surface area (Å²) in [7, 11) is 0. The summed E-state index contributed by atoms with van der Waals surface area (Å²) in [5.74, 6) is -0.873. The minimum atomic E-state index is -0.773. The van der Waals surface area contributed by atoms with Crippen LogP contribution < -0.4 is 0 Å². The van der Waals surface area contributed by atoms with Crippen molar-refractivity contribution in [3.8, 4) is 0 Å². The summed E-state index contributed by atoms with van der Waals surface area (Å²) in [6.45, 7) is 6.64. The molecule has 6 heteroatoms. The van der Waals surface area contributed by atoms with Gasteiger partial charge in [0.05, 0.1) is 0 Å². The molecule has 0 heterocycles. The molecule has 1 atom stereocenters. The number of allylic oxidation sites excluding steroid dienone is 4. The first kappa shape index (κ1) is 60.9. The van der Waals surface area contributed by atoms with E-state index in [9.17, 15) is 14.4 Å². The molecule has 0 bridgehead atoms. The smallest absolute Gasteiger partial charge is 0.306 e. The summed E-state index contributed by atoms with van der Waals surface area (Å²) in [4.78, 5) is 38.1. The van der Waals surface area contributed by atoms with Crippen LogP contribution in [-0.4, -0.2) is 37.2 Å². The lowest BCUT2D eigenvalue weighted by molar-refractivity contribution is -0.167. The lowest BCUT2D eigenvalue weighted by Gasteiger charge is -2.18. The van der Waals surface area contributed by atoms with Gasteiger partial charge in [0.25, 0.3) is 0 Å². The van der Waals surface area contributed by atoms with E-state index in [2.05, 4.69) is 45.1 Å². The summed E-state index contributed by atoms with van der Waals surface area (Å²) in [5, 5.41) is 0. The van der Waals surface area contributed by atoms with Gasteiger partial charge in [-0.3, -0.25) is 14.4 Å². The Labute approximate surface area is 392 Å². The fraction of sp³-hybridized carbons (Fsp3) is 0.877. The number of hydrogen-bond donors (Lipinski definition) is 0. The number of carbonyl (C=O) groups is 3. The minimum absolute atomic E-state index is 0.0742. The molecule has 0 aromatic rings. The number of carbonyl (C=O) groups excluding carboxylic acids is 3. The van der Waals surface area contributed by atoms with Gasteiger partial charge >= 0.3 is 17.9 Å². The van der Waals surface area contributed by atoms with Crippen LogP contribution in [0.5, 0.6) is 0 Å². The van der Waals surface area contributed by atoms with E-state index in [0.717, 1.165) is 70.6 Å². The van der Waals surface area contributed by atoms with Crippen molar-refractivity contribution in [2.24, 2.45) is 0 Å². The van der Waals surface area contributed by atoms with Gasteiger partial charge in [-0.2, -0.15) is 0 Å². The highest BCUT2D eigenvalue weighted by Crippen LogP contribution is 2.16. The highest BCUT2D eigenvalue weighted by atomic mass is 16.6. The SMILES string of the molecule is CCCCCC/C=C\CCCCCCCC(=O)OC[C@@H](COC(=O)CCCCCCC/C=C\CCCCCCCC)OC(=O)CCCCCCCCCCCCCCCCCCC. The van der Waals surface area contributed by atoms with Gasteiger partial charge in [-0.15, -0.1) is 0 Å². The molecule has 0 aromatic heterocycles. The van der Waals surface area contributed by atoms with Crippen LogP contribution in [-0.2, 0) is 28.6 Å². The van der Waals surface area contributed by atoms with Crippen molar-refractivity contribution in [1.82, 2.24) is 0 Å². The topological polar surface area (TPSA) is 78.9 Å². The van der Waals surface area contributed by atoms with E-state index in [1.165, 1.54) is 193 Å². The average molecular weight is 887 g/mol. The van der Waals surface area contributed by atoms with Crippen LogP contribution in [0.3, 0.4) is 0 Å². The lowest BCUT2D eigenvalue weighted by atomic mass is 10.0. The Hall–Kier alpha value is -2.11. The molecular formula is C57H106O6. The molecule has 0 aromatic carbocycles. The van der Waals surface area contributed by atoms with E-state index in [-0.39, 0.29) is 31.1 Å². The van der Waals surface area contributed by atoms with E-state index in [0.29, 0.717) is 19.3 Å². The molecule has 0 rings (SSSR count). The standard InChI is InChI=1S/C57H106O6/c1-4-7-10-13-16-19-22-25-27-28-30-33-36-39-42-45-48-51-57(60)63-54(52-61-55(58)49-46-43-40-37-34-31-24-21-18-15-12-9-6-3)53-62-56(59)50-47-44-41-38-35-32-29-26-23-20-17-14-11-8-5-2/h21,24,26,29,54H,4-20,22-23,25,27-28,30-53H2,1-3H3/b24-21-,29-26-/t54-/m0/s1. The Morgan fingerprint density at radius 1 is 0.302 bits per heavy atom. The van der Waals surface area contributed by atoms with Crippen molar-refractivity contribution >= 4 is 17.9 Å². The molecule has 0 radical (unpaired) electrons. The van der Waals surface area contributed by atoms with Crippen molar-refractivity contribution < 1.29 is 28.6 Å². The second-order valence-electron chi connectivity index (χ2n) is 18.8. The Morgan fingerprint density at radius 2 is 0.524 bits per heavy atom. The number of ether oxygens (including phenoxy) is 3. The lowest BCUT2D eigenvalue weighted by Crippen LogP contribution is -2.30. The Bertz CT molecular complexity index is 1020. The molecule has 0 amide bonds. The van der Waals surface area contributed by atoms with Crippen molar-refractivity contribution in [3.05, 3.63) is 24.3 Å². The molecule has 370 valence electrons. The van der Waals surface area contributed by atoms with Crippen molar-refractivity contribution in [3.63, 3.8) is 0 Å². The fourth-order valence-corrected chi connectivity index (χ4v) is 8.20. The van der Waals surface area contributed by atoms with Crippen molar-refractivity contribution in [2.45, 2.75) is 309 Å². The molecule has 0 N–H and O–H groups in total. The number of rotatable bonds is 51. The first-order valence-electron chi connectivity index (χ1n) is 27.8. The van der Waals surface area contributed by atoms with Crippen LogP contribution in [0.2, 0.25) is 0 Å². The van der Waals surface area contributed by atoms with Gasteiger partial charge in [-0.25, -0.2) is 0 Å². The first-order chi connectivity index (χ1) is 31.0. The van der Waals surface area contributed by atoms with E-state index in [4.69, 9.17) is 14.2 Å². The monoisotopic (exact) mass is 887 g/mol. The molecule has 0 aliphatic carbocycles. The van der Waals surface area contributed by atoms with Crippen LogP contribution in [0.1, 0.15) is 303 Å². The molecule has 0 aliphatic heterocycles. The molecule has 0 saturated heterocycles. The second kappa shape index (κ2) is 52.5. The van der Waals surface area contributed by atoms with E-state index in [1.54, 1.807) is 0 Å². The predicted molar refractivity (Wildman–Crippen MR) is 270 cm³/mol. The summed E-state index contributed by atoms with van der Waals surface area (Å²) in [5.41, 5.74) is 0. The highest BCUT2D eigenvalue weighted by molar-refractivity contribution is 5.71. The Kier molecular flexibility index (Phi) is 50.8. The third-order valence-electron chi connectivity index (χ3n) is 12.4. The van der Waals surface area contributed by atoms with E-state index in [1.807, 2.05) is 0 Å². The molecule has 0 saturated carbocycles. The molecule has 0 aliphatic rings. The predicted octanol–water partition coefficient (Wildman–Crippen LogP) is 18.3. The van der Waals surface area contributed by atoms with Crippen LogP contribution in [0.25, 0.3) is 0 Å². The van der Waals surface area contributed by atoms with Crippen molar-refractivity contribution in [1.29, 1.82) is 0 Å². The van der Waals surface area contributed by atoms with Crippen LogP contribution >= 0.6 is 0 Å². The number of hydrogen-bond acceptors (Lipinski definition) is 6. The molecule has 0 spiro atoms. The molecule has 6 nitrogen and oxygen atoms in total. The largest absolute Gasteiger partial charge is 0.462 e. The highest BCUT2D eigenvalue weighted by Gasteiger charge is 2.19. The number of esters is 3. The maximum Gasteiger partial charge on any atom is 0.306 e. The normalized spacial score (nSPS) is 12.1. The quantitative estimate of drug-likeness (QED) is 0.0262. The van der Waals surface area contributed by atoms with Crippen molar-refractivity contribution in [2.75, 3.05) is 13.2 Å². The van der Waals surface area contributed by atoms with Gasteiger partial charge in [0.2, 0.25) is 0 Å². The van der Waals surface area contributed by atoms with Gasteiger partial charge in [0, 0.05) is 19.3 Å². The first-order valence-corrected chi connectivity index (χ1v) is 27.8. The van der Waals surface area contributed by atoms with Gasteiger partial charge in [0.15, 0.2) is 6.10 Å². The third kappa shape index (κ3) is 50.7. The van der Waals surface area contributed by atoms with Gasteiger partial charge in [0.1, 0.15) is 13.2 Å². The van der Waals surface area contributed by atoms with Gasteiger partial charge < -0.3 is 14.2 Å². The maximum atomic E-state index is 12.8. The zero-order chi connectivity index (χ0) is 45.8. The Morgan fingerprint density at radius 3 is 0.810 bits per heavy atom. The zero-order valence-electron chi connectivity index (χ0n) is 42.4. The summed E-state index contributed by atoms with van der Waals surface area (Å²) in [6, 6.07) is 0.